The van der Waals surface area contributed by atoms with Gasteiger partial charge in [-0.15, -0.1) is 6.58 Å². The Morgan fingerprint density at radius 3 is 3.00 bits per heavy atom. The second-order valence-electron chi connectivity index (χ2n) is 5.60. The van der Waals surface area contributed by atoms with Gasteiger partial charge in [-0.3, -0.25) is 19.7 Å². The number of carbonyl (C=O) groups is 1. The lowest BCUT2D eigenvalue weighted by Crippen LogP contribution is -2.44. The first kappa shape index (κ1) is 14.7. The Hall–Kier alpha value is -2.27. The van der Waals surface area contributed by atoms with Gasteiger partial charge in [-0.2, -0.15) is 0 Å². The summed E-state index contributed by atoms with van der Waals surface area (Å²) in [6, 6.07) is 3.98. The Bertz CT molecular complexity index is 672. The lowest BCUT2D eigenvalue weighted by Gasteiger charge is -2.31. The molecular formula is C17H20N4O. The molecule has 3 rings (SSSR count). The van der Waals surface area contributed by atoms with Crippen molar-refractivity contribution in [2.75, 3.05) is 19.6 Å². The number of nitrogens with one attached hydrogen (secondary N) is 1. The van der Waals surface area contributed by atoms with E-state index in [0.29, 0.717) is 11.1 Å². The number of carbonyl (C=O) groups excluding carboxylic acids is 1. The standard InChI is InChI=1S/C17H20N4O/c1-2-8-21-9-5-14(6-10-21)20-17(22)15-12-18-11-13-4-3-7-19-16(13)15/h2-4,7,11-12,14H,1,5-6,8-10H2,(H,20,22). The highest BCUT2D eigenvalue weighted by atomic mass is 16.1. The fourth-order valence-corrected chi connectivity index (χ4v) is 2.87. The van der Waals surface area contributed by atoms with E-state index < -0.39 is 0 Å². The zero-order valence-electron chi connectivity index (χ0n) is 12.5. The average molecular weight is 296 g/mol. The predicted octanol–water partition coefficient (Wildman–Crippen LogP) is 2.01. The highest BCUT2D eigenvalue weighted by molar-refractivity contribution is 6.04. The summed E-state index contributed by atoms with van der Waals surface area (Å²) in [5.41, 5.74) is 1.26. The third-order valence-corrected chi connectivity index (χ3v) is 4.07. The topological polar surface area (TPSA) is 58.1 Å². The molecule has 2 aromatic heterocycles. The molecule has 1 saturated heterocycles. The smallest absolute Gasteiger partial charge is 0.255 e. The second kappa shape index (κ2) is 6.66. The summed E-state index contributed by atoms with van der Waals surface area (Å²) in [6.07, 6.45) is 8.88. The zero-order valence-corrected chi connectivity index (χ0v) is 12.5. The van der Waals surface area contributed by atoms with Crippen LogP contribution in [0, 0.1) is 0 Å². The number of fused-ring (bicyclic) bond motifs is 1. The van der Waals surface area contributed by atoms with Gasteiger partial charge in [-0.05, 0) is 25.0 Å². The number of hydrogen-bond donors (Lipinski definition) is 1. The van der Waals surface area contributed by atoms with E-state index in [1.165, 1.54) is 0 Å². The maximum absolute atomic E-state index is 12.5. The minimum atomic E-state index is -0.0843. The quantitative estimate of drug-likeness (QED) is 0.877. The van der Waals surface area contributed by atoms with Crippen LogP contribution in [0.15, 0.2) is 43.4 Å². The van der Waals surface area contributed by atoms with E-state index >= 15 is 0 Å². The highest BCUT2D eigenvalue weighted by Crippen LogP contribution is 2.16. The first-order valence-corrected chi connectivity index (χ1v) is 7.61. The number of likely N-dealkylation sites (tertiary alicyclic amines) is 1. The Balaban J connectivity index is 1.68. The van der Waals surface area contributed by atoms with Crippen LogP contribution in [0.3, 0.4) is 0 Å². The molecule has 1 aliphatic heterocycles. The summed E-state index contributed by atoms with van der Waals surface area (Å²) in [4.78, 5) is 23.3. The van der Waals surface area contributed by atoms with Gasteiger partial charge in [0.15, 0.2) is 0 Å². The number of amides is 1. The van der Waals surface area contributed by atoms with E-state index in [-0.39, 0.29) is 11.9 Å². The van der Waals surface area contributed by atoms with Gasteiger partial charge in [0.1, 0.15) is 0 Å². The Morgan fingerprint density at radius 1 is 1.41 bits per heavy atom. The van der Waals surface area contributed by atoms with Crippen molar-refractivity contribution in [2.45, 2.75) is 18.9 Å². The predicted molar refractivity (Wildman–Crippen MR) is 86.7 cm³/mol. The summed E-state index contributed by atoms with van der Waals surface area (Å²) in [6.45, 7) is 6.66. The van der Waals surface area contributed by atoms with Crippen LogP contribution in [0.4, 0.5) is 0 Å². The number of nitrogens with zero attached hydrogens (tertiary/aromatic N) is 3. The summed E-state index contributed by atoms with van der Waals surface area (Å²) in [5.74, 6) is -0.0843. The molecule has 2 aromatic rings. The van der Waals surface area contributed by atoms with Crippen LogP contribution in [0.25, 0.3) is 10.9 Å². The Morgan fingerprint density at radius 2 is 2.23 bits per heavy atom. The van der Waals surface area contributed by atoms with Crippen LogP contribution in [0.2, 0.25) is 0 Å². The highest BCUT2D eigenvalue weighted by Gasteiger charge is 2.21. The molecule has 1 N–H and O–H groups in total. The third-order valence-electron chi connectivity index (χ3n) is 4.07. The molecule has 0 saturated carbocycles. The van der Waals surface area contributed by atoms with Gasteiger partial charge in [0.25, 0.3) is 5.91 Å². The van der Waals surface area contributed by atoms with E-state index in [0.717, 1.165) is 37.9 Å². The molecule has 1 aliphatic rings. The molecule has 1 fully saturated rings. The molecule has 0 unspecified atom stereocenters. The van der Waals surface area contributed by atoms with Crippen LogP contribution in [0.5, 0.6) is 0 Å². The summed E-state index contributed by atoms with van der Waals surface area (Å²) in [5, 5.41) is 4.00. The van der Waals surface area contributed by atoms with Crippen LogP contribution in [-0.2, 0) is 0 Å². The molecular weight excluding hydrogens is 276 g/mol. The van der Waals surface area contributed by atoms with Crippen molar-refractivity contribution in [3.8, 4) is 0 Å². The van der Waals surface area contributed by atoms with Crippen molar-refractivity contribution in [1.82, 2.24) is 20.2 Å². The van der Waals surface area contributed by atoms with Crippen LogP contribution >= 0.6 is 0 Å². The molecule has 0 aromatic carbocycles. The monoisotopic (exact) mass is 296 g/mol. The third kappa shape index (κ3) is 3.14. The average Bonchev–Trinajstić information content (AvgIpc) is 2.56. The minimum absolute atomic E-state index is 0.0843. The van der Waals surface area contributed by atoms with E-state index in [2.05, 4.69) is 26.8 Å². The van der Waals surface area contributed by atoms with Gasteiger partial charge in [-0.25, -0.2) is 0 Å². The first-order valence-electron chi connectivity index (χ1n) is 7.61. The van der Waals surface area contributed by atoms with Crippen molar-refractivity contribution in [3.63, 3.8) is 0 Å². The maximum atomic E-state index is 12.5. The Labute approximate surface area is 130 Å². The summed E-state index contributed by atoms with van der Waals surface area (Å²) >= 11 is 0. The minimum Gasteiger partial charge on any atom is -0.349 e. The number of aromatic nitrogens is 2. The second-order valence-corrected chi connectivity index (χ2v) is 5.60. The van der Waals surface area contributed by atoms with Gasteiger partial charge in [0, 0.05) is 49.7 Å². The molecule has 114 valence electrons. The zero-order chi connectivity index (χ0) is 15.4. The van der Waals surface area contributed by atoms with Gasteiger partial charge >= 0.3 is 0 Å². The van der Waals surface area contributed by atoms with Crippen LogP contribution in [-0.4, -0.2) is 46.5 Å². The van der Waals surface area contributed by atoms with Crippen molar-refractivity contribution in [1.29, 1.82) is 0 Å². The lowest BCUT2D eigenvalue weighted by molar-refractivity contribution is 0.0915. The van der Waals surface area contributed by atoms with Crippen LogP contribution in [0.1, 0.15) is 23.2 Å². The fraction of sp³-hybridized carbons (Fsp3) is 0.353. The SMILES string of the molecule is C=CCN1CCC(NC(=O)c2cncc3cccnc23)CC1. The number of hydrogen-bond acceptors (Lipinski definition) is 4. The lowest BCUT2D eigenvalue weighted by atomic mass is 10.0. The van der Waals surface area contributed by atoms with Crippen molar-refractivity contribution < 1.29 is 4.79 Å². The van der Waals surface area contributed by atoms with Gasteiger partial charge in [0.2, 0.25) is 0 Å². The molecule has 0 aliphatic carbocycles. The largest absolute Gasteiger partial charge is 0.349 e. The first-order chi connectivity index (χ1) is 10.8. The maximum Gasteiger partial charge on any atom is 0.255 e. The molecule has 0 radical (unpaired) electrons. The van der Waals surface area contributed by atoms with Crippen LogP contribution < -0.4 is 5.32 Å². The molecule has 22 heavy (non-hydrogen) atoms. The van der Waals surface area contributed by atoms with Gasteiger partial charge < -0.3 is 5.32 Å². The molecule has 0 atom stereocenters. The molecule has 0 spiro atoms. The van der Waals surface area contributed by atoms with E-state index in [9.17, 15) is 4.79 Å². The van der Waals surface area contributed by atoms with Crippen molar-refractivity contribution >= 4 is 16.8 Å². The van der Waals surface area contributed by atoms with Gasteiger partial charge in [-0.1, -0.05) is 6.08 Å². The molecule has 0 bridgehead atoms. The van der Waals surface area contributed by atoms with Gasteiger partial charge in [0.05, 0.1) is 11.1 Å². The Kier molecular flexibility index (Phi) is 4.44. The molecule has 5 nitrogen and oxygen atoms in total. The summed E-state index contributed by atoms with van der Waals surface area (Å²) < 4.78 is 0. The van der Waals surface area contributed by atoms with E-state index in [4.69, 9.17) is 0 Å². The number of piperidine rings is 1. The summed E-state index contributed by atoms with van der Waals surface area (Å²) in [7, 11) is 0. The molecule has 1 amide bonds. The molecule has 3 heterocycles. The fourth-order valence-electron chi connectivity index (χ4n) is 2.87. The van der Waals surface area contributed by atoms with Crippen molar-refractivity contribution in [3.05, 3.63) is 48.9 Å². The molecule has 5 heteroatoms. The number of pyridine rings is 2. The van der Waals surface area contributed by atoms with Crippen molar-refractivity contribution in [2.24, 2.45) is 0 Å². The van der Waals surface area contributed by atoms with E-state index in [1.807, 2.05) is 18.2 Å². The van der Waals surface area contributed by atoms with E-state index in [1.54, 1.807) is 18.6 Å². The number of rotatable bonds is 4. The normalized spacial score (nSPS) is 16.5.